The molecule has 0 bridgehead atoms. The number of nitrogens with two attached hydrogens (primary N) is 2. The zero-order valence-corrected chi connectivity index (χ0v) is 10.7. The SMILES string of the molecule is Cc1cc(N)c(C)c(S(=O)(=O)NC(N)=O)c1C. The molecule has 7 heteroatoms. The summed E-state index contributed by atoms with van der Waals surface area (Å²) in [6, 6.07) is 0.567. The lowest BCUT2D eigenvalue weighted by atomic mass is 10.1. The number of sulfonamides is 1. The van der Waals surface area contributed by atoms with Crippen LogP contribution in [0.3, 0.4) is 0 Å². The second-order valence-corrected chi connectivity index (χ2v) is 5.45. The molecule has 0 aliphatic heterocycles. The molecule has 0 heterocycles. The molecule has 0 aromatic heterocycles. The van der Waals surface area contributed by atoms with Gasteiger partial charge in [-0.05, 0) is 43.5 Å². The molecule has 0 atom stereocenters. The first kappa shape index (κ1) is 13.3. The van der Waals surface area contributed by atoms with E-state index < -0.39 is 16.1 Å². The van der Waals surface area contributed by atoms with Crippen molar-refractivity contribution in [3.05, 3.63) is 22.8 Å². The molecular formula is C10H15N3O3S. The van der Waals surface area contributed by atoms with Gasteiger partial charge < -0.3 is 11.5 Å². The normalized spacial score (nSPS) is 11.2. The topological polar surface area (TPSA) is 115 Å². The van der Waals surface area contributed by atoms with Gasteiger partial charge in [0.1, 0.15) is 0 Å². The van der Waals surface area contributed by atoms with Crippen LogP contribution in [0.2, 0.25) is 0 Å². The molecule has 17 heavy (non-hydrogen) atoms. The van der Waals surface area contributed by atoms with Gasteiger partial charge >= 0.3 is 6.03 Å². The van der Waals surface area contributed by atoms with E-state index in [-0.39, 0.29) is 4.90 Å². The van der Waals surface area contributed by atoms with Crippen LogP contribution in [-0.4, -0.2) is 14.4 Å². The van der Waals surface area contributed by atoms with E-state index in [4.69, 9.17) is 11.5 Å². The van der Waals surface area contributed by atoms with Crippen molar-refractivity contribution in [2.75, 3.05) is 5.73 Å². The van der Waals surface area contributed by atoms with Crippen LogP contribution in [0.25, 0.3) is 0 Å². The fourth-order valence-corrected chi connectivity index (χ4v) is 3.08. The Kier molecular flexibility index (Phi) is 3.33. The Bertz CT molecular complexity index is 553. The number of carbonyl (C=O) groups excluding carboxylic acids is 1. The van der Waals surface area contributed by atoms with Crippen molar-refractivity contribution in [3.8, 4) is 0 Å². The number of hydrogen-bond donors (Lipinski definition) is 3. The van der Waals surface area contributed by atoms with Gasteiger partial charge in [-0.15, -0.1) is 0 Å². The van der Waals surface area contributed by atoms with E-state index in [0.29, 0.717) is 16.8 Å². The van der Waals surface area contributed by atoms with Gasteiger partial charge in [-0.2, -0.15) is 0 Å². The van der Waals surface area contributed by atoms with Crippen molar-refractivity contribution in [1.29, 1.82) is 0 Å². The average molecular weight is 257 g/mol. The Balaban J connectivity index is 3.56. The minimum atomic E-state index is -3.97. The second kappa shape index (κ2) is 4.25. The molecule has 0 unspecified atom stereocenters. The van der Waals surface area contributed by atoms with Gasteiger partial charge in [0.15, 0.2) is 0 Å². The third-order valence-corrected chi connectivity index (χ3v) is 4.20. The summed E-state index contributed by atoms with van der Waals surface area (Å²) in [6.45, 7) is 4.98. The molecule has 0 radical (unpaired) electrons. The molecule has 0 fully saturated rings. The Morgan fingerprint density at radius 1 is 1.24 bits per heavy atom. The first-order valence-electron chi connectivity index (χ1n) is 4.85. The van der Waals surface area contributed by atoms with Gasteiger partial charge in [-0.25, -0.2) is 17.9 Å². The number of nitrogen functional groups attached to an aromatic ring is 1. The van der Waals surface area contributed by atoms with Crippen LogP contribution in [0.5, 0.6) is 0 Å². The van der Waals surface area contributed by atoms with E-state index in [0.717, 1.165) is 5.56 Å². The number of carbonyl (C=O) groups is 1. The molecule has 1 aromatic carbocycles. The quantitative estimate of drug-likeness (QED) is 0.671. The van der Waals surface area contributed by atoms with Crippen LogP contribution in [0.1, 0.15) is 16.7 Å². The number of hydrogen-bond acceptors (Lipinski definition) is 4. The van der Waals surface area contributed by atoms with Crippen LogP contribution < -0.4 is 16.2 Å². The summed E-state index contributed by atoms with van der Waals surface area (Å²) < 4.78 is 25.6. The molecule has 0 aliphatic rings. The summed E-state index contributed by atoms with van der Waals surface area (Å²) in [6.07, 6.45) is 0. The Hall–Kier alpha value is -1.76. The van der Waals surface area contributed by atoms with Gasteiger partial charge in [-0.3, -0.25) is 0 Å². The third kappa shape index (κ3) is 2.50. The molecular weight excluding hydrogens is 242 g/mol. The fraction of sp³-hybridized carbons (Fsp3) is 0.300. The van der Waals surface area contributed by atoms with Crippen molar-refractivity contribution < 1.29 is 13.2 Å². The first-order chi connectivity index (χ1) is 7.66. The van der Waals surface area contributed by atoms with Gasteiger partial charge in [0, 0.05) is 5.69 Å². The predicted octanol–water partition coefficient (Wildman–Crippen LogP) is 0.551. The van der Waals surface area contributed by atoms with Crippen molar-refractivity contribution >= 4 is 21.7 Å². The largest absolute Gasteiger partial charge is 0.398 e. The fourth-order valence-electron chi connectivity index (χ4n) is 1.63. The van der Waals surface area contributed by atoms with Crippen LogP contribution in [0, 0.1) is 20.8 Å². The third-order valence-electron chi connectivity index (χ3n) is 2.58. The zero-order chi connectivity index (χ0) is 13.4. The molecule has 0 saturated heterocycles. The highest BCUT2D eigenvalue weighted by Crippen LogP contribution is 2.27. The van der Waals surface area contributed by atoms with Crippen LogP contribution in [0.15, 0.2) is 11.0 Å². The maximum Gasteiger partial charge on any atom is 0.326 e. The molecule has 2 amide bonds. The highest BCUT2D eigenvalue weighted by molar-refractivity contribution is 7.90. The van der Waals surface area contributed by atoms with Crippen LogP contribution in [0.4, 0.5) is 10.5 Å². The van der Waals surface area contributed by atoms with Crippen LogP contribution in [-0.2, 0) is 10.0 Å². The molecule has 1 rings (SSSR count). The summed E-state index contributed by atoms with van der Waals surface area (Å²) >= 11 is 0. The highest BCUT2D eigenvalue weighted by Gasteiger charge is 2.23. The number of rotatable bonds is 2. The molecule has 6 nitrogen and oxygen atoms in total. The highest BCUT2D eigenvalue weighted by atomic mass is 32.2. The maximum absolute atomic E-state index is 11.9. The summed E-state index contributed by atoms with van der Waals surface area (Å²) in [4.78, 5) is 10.7. The Labute approximate surface area is 100 Å². The predicted molar refractivity (Wildman–Crippen MR) is 65.0 cm³/mol. The molecule has 5 N–H and O–H groups in total. The minimum Gasteiger partial charge on any atom is -0.398 e. The monoisotopic (exact) mass is 257 g/mol. The van der Waals surface area contributed by atoms with Gasteiger partial charge in [0.2, 0.25) is 0 Å². The van der Waals surface area contributed by atoms with E-state index in [1.165, 1.54) is 0 Å². The lowest BCUT2D eigenvalue weighted by molar-refractivity contribution is 0.253. The summed E-state index contributed by atoms with van der Waals surface area (Å²) in [5.41, 5.74) is 12.6. The van der Waals surface area contributed by atoms with E-state index in [2.05, 4.69) is 0 Å². The van der Waals surface area contributed by atoms with E-state index in [1.54, 1.807) is 31.6 Å². The maximum atomic E-state index is 11.9. The van der Waals surface area contributed by atoms with E-state index in [9.17, 15) is 13.2 Å². The number of amides is 2. The lowest BCUT2D eigenvalue weighted by Gasteiger charge is -2.14. The van der Waals surface area contributed by atoms with Crippen LogP contribution >= 0.6 is 0 Å². The second-order valence-electron chi connectivity index (χ2n) is 3.83. The zero-order valence-electron chi connectivity index (χ0n) is 9.87. The number of benzene rings is 1. The smallest absolute Gasteiger partial charge is 0.326 e. The van der Waals surface area contributed by atoms with Gasteiger partial charge in [0.25, 0.3) is 10.0 Å². The Morgan fingerprint density at radius 2 is 1.76 bits per heavy atom. The van der Waals surface area contributed by atoms with E-state index in [1.807, 2.05) is 0 Å². The standard InChI is InChI=1S/C10H15N3O3S/c1-5-4-8(11)7(3)9(6(5)2)17(15,16)13-10(12)14/h4H,11H2,1-3H3,(H3,12,13,14). The van der Waals surface area contributed by atoms with E-state index >= 15 is 0 Å². The molecule has 0 spiro atoms. The Morgan fingerprint density at radius 3 is 2.24 bits per heavy atom. The van der Waals surface area contributed by atoms with Crippen molar-refractivity contribution in [1.82, 2.24) is 4.72 Å². The summed E-state index contributed by atoms with van der Waals surface area (Å²) in [5, 5.41) is 0. The summed E-state index contributed by atoms with van der Waals surface area (Å²) in [7, 11) is -3.97. The molecule has 0 aliphatic carbocycles. The van der Waals surface area contributed by atoms with Crippen molar-refractivity contribution in [3.63, 3.8) is 0 Å². The lowest BCUT2D eigenvalue weighted by Crippen LogP contribution is -2.35. The number of urea groups is 1. The molecule has 1 aromatic rings. The van der Waals surface area contributed by atoms with Gasteiger partial charge in [0.05, 0.1) is 4.90 Å². The number of aryl methyl sites for hydroxylation is 1. The number of primary amides is 1. The summed E-state index contributed by atoms with van der Waals surface area (Å²) in [5.74, 6) is 0. The van der Waals surface area contributed by atoms with Crippen molar-refractivity contribution in [2.24, 2.45) is 5.73 Å². The molecule has 94 valence electrons. The average Bonchev–Trinajstić information content (AvgIpc) is 2.12. The van der Waals surface area contributed by atoms with Crippen molar-refractivity contribution in [2.45, 2.75) is 25.7 Å². The first-order valence-corrected chi connectivity index (χ1v) is 6.33. The molecule has 0 saturated carbocycles. The minimum absolute atomic E-state index is 0.00815. The number of anilines is 1. The van der Waals surface area contributed by atoms with Gasteiger partial charge in [-0.1, -0.05) is 0 Å². The number of nitrogens with one attached hydrogen (secondary N) is 1.